The van der Waals surface area contributed by atoms with E-state index in [1.54, 1.807) is 35.6 Å². The van der Waals surface area contributed by atoms with Gasteiger partial charge in [0.15, 0.2) is 0 Å². The Morgan fingerprint density at radius 2 is 1.95 bits per heavy atom. The molecule has 1 aromatic heterocycles. The van der Waals surface area contributed by atoms with E-state index in [1.807, 2.05) is 24.4 Å². The minimum absolute atomic E-state index is 0.132. The number of sulfonamides is 1. The highest BCUT2D eigenvalue weighted by Crippen LogP contribution is 2.16. The second-order valence-corrected chi connectivity index (χ2v) is 7.92. The molecule has 19 heavy (non-hydrogen) atoms. The fourth-order valence-corrected chi connectivity index (χ4v) is 4.06. The molecule has 0 spiro atoms. The molecular weight excluding hydrogens is 346 g/mol. The van der Waals surface area contributed by atoms with Gasteiger partial charge in [-0.3, -0.25) is 0 Å². The van der Waals surface area contributed by atoms with Gasteiger partial charge in [-0.15, -0.1) is 11.3 Å². The summed E-state index contributed by atoms with van der Waals surface area (Å²) in [6.45, 7) is 1.87. The first kappa shape index (κ1) is 14.7. The first-order chi connectivity index (χ1) is 8.97. The van der Waals surface area contributed by atoms with E-state index in [2.05, 4.69) is 20.7 Å². The largest absolute Gasteiger partial charge is 0.240 e. The number of thiophene rings is 1. The van der Waals surface area contributed by atoms with Crippen LogP contribution < -0.4 is 4.72 Å². The predicted molar refractivity (Wildman–Crippen MR) is 81.9 cm³/mol. The first-order valence-electron chi connectivity index (χ1n) is 5.77. The fourth-order valence-electron chi connectivity index (χ4n) is 1.72. The van der Waals surface area contributed by atoms with Crippen molar-refractivity contribution in [3.05, 3.63) is 51.1 Å². The lowest BCUT2D eigenvalue weighted by Gasteiger charge is -2.13. The summed E-state index contributed by atoms with van der Waals surface area (Å²) < 4.78 is 27.9. The van der Waals surface area contributed by atoms with E-state index in [4.69, 9.17) is 0 Å². The third kappa shape index (κ3) is 4.14. The number of benzene rings is 1. The number of nitrogens with one attached hydrogen (secondary N) is 1. The van der Waals surface area contributed by atoms with Crippen LogP contribution >= 0.6 is 27.3 Å². The van der Waals surface area contributed by atoms with Crippen LogP contribution in [0.15, 0.2) is 51.1 Å². The van der Waals surface area contributed by atoms with Crippen molar-refractivity contribution in [3.63, 3.8) is 0 Å². The molecular formula is C13H14BrNO2S2. The molecule has 3 nitrogen and oxygen atoms in total. The average Bonchev–Trinajstić information content (AvgIpc) is 2.81. The van der Waals surface area contributed by atoms with Crippen LogP contribution in [0.4, 0.5) is 0 Å². The molecule has 0 radical (unpaired) electrons. The number of hydrogen-bond acceptors (Lipinski definition) is 3. The highest BCUT2D eigenvalue weighted by molar-refractivity contribution is 9.10. The maximum atomic E-state index is 12.2. The molecule has 0 bridgehead atoms. The van der Waals surface area contributed by atoms with Gasteiger partial charge in [-0.25, -0.2) is 13.1 Å². The molecule has 1 N–H and O–H groups in total. The van der Waals surface area contributed by atoms with Crippen molar-refractivity contribution >= 4 is 37.3 Å². The van der Waals surface area contributed by atoms with Crippen molar-refractivity contribution in [1.82, 2.24) is 4.72 Å². The summed E-state index contributed by atoms with van der Waals surface area (Å²) in [5, 5.41) is 1.99. The standard InChI is InChI=1S/C13H14BrNO2S2/c1-10(9-12-3-2-8-18-12)15-19(16,17)13-6-4-11(14)5-7-13/h2-8,10,15H,9H2,1H3. The second-order valence-electron chi connectivity index (χ2n) is 4.26. The molecule has 1 aromatic carbocycles. The van der Waals surface area contributed by atoms with Crippen molar-refractivity contribution < 1.29 is 8.42 Å². The molecule has 1 heterocycles. The van der Waals surface area contributed by atoms with Crippen LogP contribution in [0.25, 0.3) is 0 Å². The fraction of sp³-hybridized carbons (Fsp3) is 0.231. The minimum Gasteiger partial charge on any atom is -0.208 e. The van der Waals surface area contributed by atoms with Crippen LogP contribution in [0.2, 0.25) is 0 Å². The van der Waals surface area contributed by atoms with Gasteiger partial charge in [-0.1, -0.05) is 22.0 Å². The maximum Gasteiger partial charge on any atom is 0.240 e. The summed E-state index contributed by atoms with van der Waals surface area (Å²) in [6, 6.07) is 10.5. The van der Waals surface area contributed by atoms with Gasteiger partial charge in [0.05, 0.1) is 4.90 Å². The molecule has 0 aliphatic rings. The van der Waals surface area contributed by atoms with E-state index in [1.165, 1.54) is 4.88 Å². The van der Waals surface area contributed by atoms with E-state index >= 15 is 0 Å². The molecule has 2 rings (SSSR count). The van der Waals surface area contributed by atoms with Crippen molar-refractivity contribution in [2.45, 2.75) is 24.3 Å². The summed E-state index contributed by atoms with van der Waals surface area (Å²) in [7, 11) is -3.45. The van der Waals surface area contributed by atoms with Crippen molar-refractivity contribution in [3.8, 4) is 0 Å². The van der Waals surface area contributed by atoms with Gasteiger partial charge in [-0.05, 0) is 49.1 Å². The van der Waals surface area contributed by atoms with Gasteiger partial charge in [0.2, 0.25) is 10.0 Å². The second kappa shape index (κ2) is 6.17. The minimum atomic E-state index is -3.45. The van der Waals surface area contributed by atoms with Gasteiger partial charge in [0, 0.05) is 15.4 Å². The van der Waals surface area contributed by atoms with Crippen molar-refractivity contribution in [2.24, 2.45) is 0 Å². The molecule has 1 unspecified atom stereocenters. The quantitative estimate of drug-likeness (QED) is 0.888. The third-order valence-electron chi connectivity index (χ3n) is 2.57. The molecule has 6 heteroatoms. The smallest absolute Gasteiger partial charge is 0.208 e. The Hall–Kier alpha value is -0.690. The van der Waals surface area contributed by atoms with Crippen LogP contribution in [0.3, 0.4) is 0 Å². The summed E-state index contributed by atoms with van der Waals surface area (Å²) >= 11 is 4.92. The van der Waals surface area contributed by atoms with Crippen LogP contribution in [-0.4, -0.2) is 14.5 Å². The summed E-state index contributed by atoms with van der Waals surface area (Å²) in [5.74, 6) is 0. The van der Waals surface area contributed by atoms with Gasteiger partial charge in [0.25, 0.3) is 0 Å². The Kier molecular flexibility index (Phi) is 4.78. The Bertz CT molecular complexity index is 621. The number of rotatable bonds is 5. The highest BCUT2D eigenvalue weighted by Gasteiger charge is 2.17. The lowest BCUT2D eigenvalue weighted by atomic mass is 10.2. The normalized spacial score (nSPS) is 13.4. The van der Waals surface area contributed by atoms with Crippen LogP contribution in [0.1, 0.15) is 11.8 Å². The van der Waals surface area contributed by atoms with Crippen molar-refractivity contribution in [1.29, 1.82) is 0 Å². The highest BCUT2D eigenvalue weighted by atomic mass is 79.9. The van der Waals surface area contributed by atoms with E-state index in [9.17, 15) is 8.42 Å². The lowest BCUT2D eigenvalue weighted by Crippen LogP contribution is -2.33. The number of halogens is 1. The monoisotopic (exact) mass is 359 g/mol. The maximum absolute atomic E-state index is 12.2. The zero-order valence-electron chi connectivity index (χ0n) is 10.3. The van der Waals surface area contributed by atoms with E-state index in [0.717, 1.165) is 4.47 Å². The Morgan fingerprint density at radius 1 is 1.26 bits per heavy atom. The predicted octanol–water partition coefficient (Wildman–Crippen LogP) is 3.42. The molecule has 0 fully saturated rings. The Labute approximate surface area is 125 Å². The molecule has 0 aliphatic heterocycles. The zero-order valence-corrected chi connectivity index (χ0v) is 13.6. The van der Waals surface area contributed by atoms with E-state index in [0.29, 0.717) is 6.42 Å². The molecule has 0 saturated heterocycles. The molecule has 0 saturated carbocycles. The summed E-state index contributed by atoms with van der Waals surface area (Å²) in [4.78, 5) is 1.46. The molecule has 0 amide bonds. The Balaban J connectivity index is 2.06. The topological polar surface area (TPSA) is 46.2 Å². The van der Waals surface area contributed by atoms with Gasteiger partial charge < -0.3 is 0 Å². The summed E-state index contributed by atoms with van der Waals surface area (Å²) in [5.41, 5.74) is 0. The first-order valence-corrected chi connectivity index (χ1v) is 8.93. The van der Waals surface area contributed by atoms with Crippen molar-refractivity contribution in [2.75, 3.05) is 0 Å². The van der Waals surface area contributed by atoms with Crippen LogP contribution in [-0.2, 0) is 16.4 Å². The molecule has 102 valence electrons. The number of hydrogen-bond donors (Lipinski definition) is 1. The Morgan fingerprint density at radius 3 is 2.53 bits per heavy atom. The van der Waals surface area contributed by atoms with E-state index < -0.39 is 10.0 Å². The summed E-state index contributed by atoms with van der Waals surface area (Å²) in [6.07, 6.45) is 0.702. The van der Waals surface area contributed by atoms with Gasteiger partial charge in [0.1, 0.15) is 0 Å². The SMILES string of the molecule is CC(Cc1cccs1)NS(=O)(=O)c1ccc(Br)cc1. The van der Waals surface area contributed by atoms with E-state index in [-0.39, 0.29) is 10.9 Å². The molecule has 0 aliphatic carbocycles. The molecule has 2 aromatic rings. The van der Waals surface area contributed by atoms with Crippen LogP contribution in [0, 0.1) is 0 Å². The van der Waals surface area contributed by atoms with Crippen LogP contribution in [0.5, 0.6) is 0 Å². The third-order valence-corrected chi connectivity index (χ3v) is 5.60. The van der Waals surface area contributed by atoms with Gasteiger partial charge in [-0.2, -0.15) is 0 Å². The zero-order chi connectivity index (χ0) is 13.9. The average molecular weight is 360 g/mol. The molecule has 1 atom stereocenters. The van der Waals surface area contributed by atoms with Gasteiger partial charge >= 0.3 is 0 Å². The lowest BCUT2D eigenvalue weighted by molar-refractivity contribution is 0.560.